The monoisotopic (exact) mass is 271 g/mol. The molecule has 0 spiro atoms. The van der Waals surface area contributed by atoms with Crippen LogP contribution in [0.1, 0.15) is 10.4 Å². The maximum atomic E-state index is 13.7. The summed E-state index contributed by atoms with van der Waals surface area (Å²) in [5, 5.41) is 10.4. The SMILES string of the molecule is CN1CCN(Nc2c(F)cc(C(=O)O)cc2F)CC1. The Balaban J connectivity index is 2.14. The number of likely N-dealkylation sites (N-methyl/N-ethyl adjacent to an activating group) is 1. The van der Waals surface area contributed by atoms with Crippen LogP contribution in [-0.2, 0) is 0 Å². The standard InChI is InChI=1S/C12H15F2N3O2/c1-16-2-4-17(5-3-16)15-11-9(13)6-8(12(18)19)7-10(11)14/h6-7,15H,2-5H2,1H3,(H,18,19). The molecule has 1 aliphatic heterocycles. The molecule has 0 aromatic heterocycles. The summed E-state index contributed by atoms with van der Waals surface area (Å²) in [6.45, 7) is 2.86. The van der Waals surface area contributed by atoms with E-state index in [2.05, 4.69) is 10.3 Å². The van der Waals surface area contributed by atoms with Crippen LogP contribution in [0.15, 0.2) is 12.1 Å². The molecule has 0 radical (unpaired) electrons. The average Bonchev–Trinajstić information content (AvgIpc) is 2.35. The van der Waals surface area contributed by atoms with Gasteiger partial charge in [0.2, 0.25) is 0 Å². The number of hydrazine groups is 1. The Morgan fingerprint density at radius 3 is 2.21 bits per heavy atom. The van der Waals surface area contributed by atoms with Crippen LogP contribution in [0.2, 0.25) is 0 Å². The maximum absolute atomic E-state index is 13.7. The van der Waals surface area contributed by atoms with E-state index in [1.54, 1.807) is 5.01 Å². The van der Waals surface area contributed by atoms with Crippen LogP contribution in [0.4, 0.5) is 14.5 Å². The van der Waals surface area contributed by atoms with Crippen molar-refractivity contribution in [2.75, 3.05) is 38.7 Å². The van der Waals surface area contributed by atoms with E-state index in [9.17, 15) is 13.6 Å². The molecule has 19 heavy (non-hydrogen) atoms. The molecule has 1 aromatic carbocycles. The third-order valence-corrected chi connectivity index (χ3v) is 3.06. The Kier molecular flexibility index (Phi) is 3.96. The quantitative estimate of drug-likeness (QED) is 0.866. The summed E-state index contributed by atoms with van der Waals surface area (Å²) in [6.07, 6.45) is 0. The minimum atomic E-state index is -1.36. The van der Waals surface area contributed by atoms with Crippen molar-refractivity contribution >= 4 is 11.7 Å². The van der Waals surface area contributed by atoms with E-state index < -0.39 is 23.2 Å². The third-order valence-electron chi connectivity index (χ3n) is 3.06. The molecule has 104 valence electrons. The number of halogens is 2. The number of anilines is 1. The Bertz CT molecular complexity index is 465. The van der Waals surface area contributed by atoms with Crippen molar-refractivity contribution in [2.24, 2.45) is 0 Å². The highest BCUT2D eigenvalue weighted by Gasteiger charge is 2.19. The Morgan fingerprint density at radius 2 is 1.74 bits per heavy atom. The Labute approximate surface area is 109 Å². The minimum Gasteiger partial charge on any atom is -0.478 e. The summed E-state index contributed by atoms with van der Waals surface area (Å²) in [5.74, 6) is -3.17. The van der Waals surface area contributed by atoms with Gasteiger partial charge in [-0.2, -0.15) is 0 Å². The first-order valence-corrected chi connectivity index (χ1v) is 5.90. The lowest BCUT2D eigenvalue weighted by atomic mass is 10.2. The van der Waals surface area contributed by atoms with Crippen LogP contribution in [0.25, 0.3) is 0 Å². The predicted octanol–water partition coefficient (Wildman–Crippen LogP) is 1.24. The second kappa shape index (κ2) is 5.50. The van der Waals surface area contributed by atoms with Crippen LogP contribution < -0.4 is 5.43 Å². The predicted molar refractivity (Wildman–Crippen MR) is 66.0 cm³/mol. The third kappa shape index (κ3) is 3.18. The molecule has 5 nitrogen and oxygen atoms in total. The van der Waals surface area contributed by atoms with Gasteiger partial charge in [0.1, 0.15) is 5.69 Å². The molecule has 0 unspecified atom stereocenters. The summed E-state index contributed by atoms with van der Waals surface area (Å²) >= 11 is 0. The van der Waals surface area contributed by atoms with E-state index in [1.807, 2.05) is 7.05 Å². The zero-order chi connectivity index (χ0) is 14.0. The Hall–Kier alpha value is -1.73. The highest BCUT2D eigenvalue weighted by atomic mass is 19.1. The zero-order valence-electron chi connectivity index (χ0n) is 10.5. The van der Waals surface area contributed by atoms with Gasteiger partial charge in [-0.3, -0.25) is 0 Å². The van der Waals surface area contributed by atoms with Crippen molar-refractivity contribution in [3.8, 4) is 0 Å². The van der Waals surface area contributed by atoms with Crippen LogP contribution in [-0.4, -0.2) is 54.2 Å². The van der Waals surface area contributed by atoms with Crippen molar-refractivity contribution in [2.45, 2.75) is 0 Å². The van der Waals surface area contributed by atoms with Gasteiger partial charge in [-0.1, -0.05) is 0 Å². The molecule has 0 amide bonds. The van der Waals surface area contributed by atoms with E-state index in [0.717, 1.165) is 25.2 Å². The van der Waals surface area contributed by atoms with Crippen molar-refractivity contribution in [1.82, 2.24) is 9.91 Å². The molecule has 1 fully saturated rings. The molecule has 2 N–H and O–H groups in total. The van der Waals surface area contributed by atoms with Crippen molar-refractivity contribution in [3.05, 3.63) is 29.3 Å². The summed E-state index contributed by atoms with van der Waals surface area (Å²) in [6, 6.07) is 1.62. The van der Waals surface area contributed by atoms with E-state index in [-0.39, 0.29) is 5.69 Å². The van der Waals surface area contributed by atoms with E-state index in [0.29, 0.717) is 13.1 Å². The van der Waals surface area contributed by atoms with Gasteiger partial charge in [-0.25, -0.2) is 18.6 Å². The number of hydrogen-bond donors (Lipinski definition) is 2. The average molecular weight is 271 g/mol. The Morgan fingerprint density at radius 1 is 1.21 bits per heavy atom. The molecule has 0 aliphatic carbocycles. The van der Waals surface area contributed by atoms with Crippen LogP contribution in [0.3, 0.4) is 0 Å². The molecule has 7 heteroatoms. The van der Waals surface area contributed by atoms with Crippen LogP contribution in [0.5, 0.6) is 0 Å². The number of carbonyl (C=O) groups is 1. The fraction of sp³-hybridized carbons (Fsp3) is 0.417. The number of piperazine rings is 1. The number of rotatable bonds is 3. The van der Waals surface area contributed by atoms with Gasteiger partial charge in [0.25, 0.3) is 0 Å². The minimum absolute atomic E-state index is 0.311. The second-order valence-corrected chi connectivity index (χ2v) is 4.52. The number of carboxylic acid groups (broad SMARTS) is 1. The van der Waals surface area contributed by atoms with Crippen LogP contribution in [0, 0.1) is 11.6 Å². The van der Waals surface area contributed by atoms with Crippen molar-refractivity contribution in [3.63, 3.8) is 0 Å². The molecule has 0 atom stereocenters. The number of hydrogen-bond acceptors (Lipinski definition) is 4. The van der Waals surface area contributed by atoms with Gasteiger partial charge in [0, 0.05) is 26.2 Å². The van der Waals surface area contributed by atoms with Gasteiger partial charge in [-0.15, -0.1) is 0 Å². The van der Waals surface area contributed by atoms with Crippen molar-refractivity contribution in [1.29, 1.82) is 0 Å². The first kappa shape index (κ1) is 13.7. The van der Waals surface area contributed by atoms with Gasteiger partial charge < -0.3 is 15.4 Å². The molecular formula is C12H15F2N3O2. The van der Waals surface area contributed by atoms with Crippen LogP contribution >= 0.6 is 0 Å². The number of carboxylic acids is 1. The fourth-order valence-corrected chi connectivity index (χ4v) is 1.88. The van der Waals surface area contributed by atoms with E-state index >= 15 is 0 Å². The van der Waals surface area contributed by atoms with Gasteiger partial charge >= 0.3 is 5.97 Å². The molecular weight excluding hydrogens is 256 g/mol. The van der Waals surface area contributed by atoms with E-state index in [4.69, 9.17) is 5.11 Å². The van der Waals surface area contributed by atoms with Gasteiger partial charge in [0.15, 0.2) is 11.6 Å². The van der Waals surface area contributed by atoms with Crippen molar-refractivity contribution < 1.29 is 18.7 Å². The smallest absolute Gasteiger partial charge is 0.335 e. The lowest BCUT2D eigenvalue weighted by molar-refractivity contribution is 0.0695. The molecule has 1 aromatic rings. The summed E-state index contributed by atoms with van der Waals surface area (Å²) in [5.41, 5.74) is 1.95. The summed E-state index contributed by atoms with van der Waals surface area (Å²) < 4.78 is 27.4. The van der Waals surface area contributed by atoms with Gasteiger partial charge in [-0.05, 0) is 19.2 Å². The maximum Gasteiger partial charge on any atom is 0.335 e. The summed E-state index contributed by atoms with van der Waals surface area (Å²) in [7, 11) is 1.97. The fourth-order valence-electron chi connectivity index (χ4n) is 1.88. The lowest BCUT2D eigenvalue weighted by Gasteiger charge is -2.33. The number of aromatic carboxylic acids is 1. The van der Waals surface area contributed by atoms with E-state index in [1.165, 1.54) is 0 Å². The first-order valence-electron chi connectivity index (χ1n) is 5.90. The second-order valence-electron chi connectivity index (χ2n) is 4.52. The normalized spacial score (nSPS) is 17.4. The molecule has 1 heterocycles. The highest BCUT2D eigenvalue weighted by Crippen LogP contribution is 2.21. The number of nitrogens with one attached hydrogen (secondary N) is 1. The highest BCUT2D eigenvalue weighted by molar-refractivity contribution is 5.88. The molecule has 0 bridgehead atoms. The number of nitrogens with zero attached hydrogens (tertiary/aromatic N) is 2. The largest absolute Gasteiger partial charge is 0.478 e. The first-order chi connectivity index (χ1) is 8.97. The lowest BCUT2D eigenvalue weighted by Crippen LogP contribution is -2.47. The summed E-state index contributed by atoms with van der Waals surface area (Å²) in [4.78, 5) is 12.8. The zero-order valence-corrected chi connectivity index (χ0v) is 10.5. The topological polar surface area (TPSA) is 55.8 Å². The number of benzene rings is 1. The van der Waals surface area contributed by atoms with Gasteiger partial charge in [0.05, 0.1) is 5.56 Å². The molecule has 0 saturated carbocycles. The molecule has 1 saturated heterocycles. The molecule has 1 aliphatic rings. The molecule has 2 rings (SSSR count).